The Kier molecular flexibility index (Phi) is 9.71. The van der Waals surface area contributed by atoms with Crippen LogP contribution in [-0.4, -0.2) is 33.9 Å². The van der Waals surface area contributed by atoms with Crippen molar-refractivity contribution in [2.24, 2.45) is 5.92 Å². The lowest BCUT2D eigenvalue weighted by Gasteiger charge is -2.26. The average Bonchev–Trinajstić information content (AvgIpc) is 3.00. The fraction of sp³-hybridized carbons (Fsp3) is 0.152. The van der Waals surface area contributed by atoms with Gasteiger partial charge in [0, 0.05) is 12.2 Å². The fourth-order valence-electron chi connectivity index (χ4n) is 4.38. The van der Waals surface area contributed by atoms with Gasteiger partial charge in [-0.3, -0.25) is 9.59 Å². The van der Waals surface area contributed by atoms with E-state index in [0.717, 1.165) is 27.8 Å². The molecule has 2 amide bonds. The second kappa shape index (κ2) is 13.6. The lowest BCUT2D eigenvalue weighted by molar-refractivity contribution is -0.132. The molecule has 7 nitrogen and oxygen atoms in total. The van der Waals surface area contributed by atoms with E-state index in [9.17, 15) is 18.0 Å². The van der Waals surface area contributed by atoms with E-state index in [0.29, 0.717) is 17.8 Å². The van der Waals surface area contributed by atoms with Gasteiger partial charge in [0.25, 0.3) is 10.0 Å². The molecule has 4 aromatic carbocycles. The lowest BCUT2D eigenvalue weighted by Crippen LogP contribution is -2.46. The van der Waals surface area contributed by atoms with Gasteiger partial charge in [0.1, 0.15) is 11.7 Å². The molecule has 0 aliphatic heterocycles. The van der Waals surface area contributed by atoms with E-state index in [-0.39, 0.29) is 6.42 Å². The van der Waals surface area contributed by atoms with Crippen LogP contribution in [0.5, 0.6) is 5.75 Å². The number of nitrogens with zero attached hydrogens (tertiary/aromatic N) is 1. The maximum atomic E-state index is 13.8. The second-order valence-corrected chi connectivity index (χ2v) is 10.9. The zero-order valence-electron chi connectivity index (χ0n) is 22.9. The molecule has 0 bridgehead atoms. The standard InChI is InChI=1S/C33H32N2O5S/c1-3-35(29-12-8-5-9-13-29)33(37)31(32(36)34-41(38,39)23-22-25-10-6-4-7-11-25)24-26-14-16-27(17-15-26)28-18-20-30(40-2)21-19-28/h4-23,31H,3,24H2,1-2H3,(H,34,36)/b23-22+. The smallest absolute Gasteiger partial charge is 0.257 e. The van der Waals surface area contributed by atoms with E-state index in [1.165, 1.54) is 11.0 Å². The molecule has 0 heterocycles. The van der Waals surface area contributed by atoms with Crippen LogP contribution in [0.2, 0.25) is 0 Å². The number of carbonyl (C=O) groups excluding carboxylic acids is 2. The molecular formula is C33H32N2O5S. The van der Waals surface area contributed by atoms with Crippen LogP contribution >= 0.6 is 0 Å². The molecule has 4 rings (SSSR count). The first-order chi connectivity index (χ1) is 19.8. The minimum atomic E-state index is -4.16. The molecule has 0 aliphatic carbocycles. The van der Waals surface area contributed by atoms with Gasteiger partial charge in [-0.2, -0.15) is 0 Å². The van der Waals surface area contributed by atoms with Crippen LogP contribution in [0.1, 0.15) is 18.1 Å². The predicted molar refractivity (Wildman–Crippen MR) is 163 cm³/mol. The summed E-state index contributed by atoms with van der Waals surface area (Å²) in [5, 5.41) is 0.931. The summed E-state index contributed by atoms with van der Waals surface area (Å²) in [5.74, 6) is -1.90. The summed E-state index contributed by atoms with van der Waals surface area (Å²) in [7, 11) is -2.55. The number of para-hydroxylation sites is 1. The maximum absolute atomic E-state index is 13.8. The Bertz CT molecular complexity index is 1590. The van der Waals surface area contributed by atoms with E-state index in [2.05, 4.69) is 4.72 Å². The quantitative estimate of drug-likeness (QED) is 0.235. The highest BCUT2D eigenvalue weighted by atomic mass is 32.2. The fourth-order valence-corrected chi connectivity index (χ4v) is 5.21. The number of benzene rings is 4. The van der Waals surface area contributed by atoms with Gasteiger partial charge in [-0.1, -0.05) is 84.9 Å². The number of amides is 2. The number of sulfonamides is 1. The van der Waals surface area contributed by atoms with Crippen LogP contribution in [0.25, 0.3) is 17.2 Å². The summed E-state index contributed by atoms with van der Waals surface area (Å²) < 4.78 is 32.9. The maximum Gasteiger partial charge on any atom is 0.257 e. The third-order valence-corrected chi connectivity index (χ3v) is 7.54. The summed E-state index contributed by atoms with van der Waals surface area (Å²) in [6.45, 7) is 2.12. The number of ether oxygens (including phenoxy) is 1. The third-order valence-electron chi connectivity index (χ3n) is 6.56. The number of methoxy groups -OCH3 is 1. The molecule has 210 valence electrons. The SMILES string of the molecule is CCN(C(=O)C(Cc1ccc(-c2ccc(OC)cc2)cc1)C(=O)NS(=O)(=O)/C=C/c1ccccc1)c1ccccc1. The van der Waals surface area contributed by atoms with Crippen molar-refractivity contribution >= 4 is 33.6 Å². The number of hydrogen-bond donors (Lipinski definition) is 1. The van der Waals surface area contributed by atoms with Crippen LogP contribution in [0, 0.1) is 5.92 Å². The summed E-state index contributed by atoms with van der Waals surface area (Å²) in [5.41, 5.74) is 3.95. The Balaban J connectivity index is 1.59. The van der Waals surface area contributed by atoms with Crippen molar-refractivity contribution in [1.29, 1.82) is 0 Å². The highest BCUT2D eigenvalue weighted by Gasteiger charge is 2.33. The monoisotopic (exact) mass is 568 g/mol. The van der Waals surface area contributed by atoms with Gasteiger partial charge >= 0.3 is 0 Å². The van der Waals surface area contributed by atoms with Crippen molar-refractivity contribution in [3.8, 4) is 16.9 Å². The van der Waals surface area contributed by atoms with Gasteiger partial charge in [0.2, 0.25) is 11.8 Å². The molecular weight excluding hydrogens is 536 g/mol. The van der Waals surface area contributed by atoms with Crippen LogP contribution in [0.15, 0.2) is 115 Å². The van der Waals surface area contributed by atoms with Crippen LogP contribution < -0.4 is 14.4 Å². The van der Waals surface area contributed by atoms with Crippen LogP contribution in [0.3, 0.4) is 0 Å². The highest BCUT2D eigenvalue weighted by Crippen LogP contribution is 2.25. The van der Waals surface area contributed by atoms with Gasteiger partial charge in [0.05, 0.1) is 12.5 Å². The molecule has 0 saturated carbocycles. The van der Waals surface area contributed by atoms with E-state index >= 15 is 0 Å². The number of carbonyl (C=O) groups is 2. The molecule has 0 radical (unpaired) electrons. The van der Waals surface area contributed by atoms with Crippen molar-refractivity contribution in [3.05, 3.63) is 126 Å². The zero-order valence-corrected chi connectivity index (χ0v) is 23.8. The van der Waals surface area contributed by atoms with Gasteiger partial charge in [-0.25, -0.2) is 13.1 Å². The third kappa shape index (κ3) is 7.93. The molecule has 1 unspecified atom stereocenters. The number of hydrogen-bond acceptors (Lipinski definition) is 5. The minimum absolute atomic E-state index is 0.0226. The van der Waals surface area contributed by atoms with Crippen molar-refractivity contribution in [2.75, 3.05) is 18.6 Å². The minimum Gasteiger partial charge on any atom is -0.497 e. The molecule has 0 aromatic heterocycles. The molecule has 41 heavy (non-hydrogen) atoms. The van der Waals surface area contributed by atoms with E-state index in [1.54, 1.807) is 55.6 Å². The molecule has 0 saturated heterocycles. The normalized spacial score (nSPS) is 12.0. The average molecular weight is 569 g/mol. The molecule has 1 N–H and O–H groups in total. The van der Waals surface area contributed by atoms with Gasteiger partial charge in [0.15, 0.2) is 0 Å². The summed E-state index contributed by atoms with van der Waals surface area (Å²) in [4.78, 5) is 28.7. The lowest BCUT2D eigenvalue weighted by atomic mass is 9.95. The van der Waals surface area contributed by atoms with Gasteiger partial charge < -0.3 is 9.64 Å². The number of nitrogens with one attached hydrogen (secondary N) is 1. The summed E-state index contributed by atoms with van der Waals surface area (Å²) in [6, 6.07) is 33.0. The van der Waals surface area contributed by atoms with Crippen molar-refractivity contribution in [3.63, 3.8) is 0 Å². The van der Waals surface area contributed by atoms with Gasteiger partial charge in [-0.05, 0) is 65.9 Å². The molecule has 0 spiro atoms. The zero-order chi connectivity index (χ0) is 29.2. The number of rotatable bonds is 11. The summed E-state index contributed by atoms with van der Waals surface area (Å²) >= 11 is 0. The molecule has 1 atom stereocenters. The second-order valence-electron chi connectivity index (χ2n) is 9.32. The Labute approximate surface area is 241 Å². The van der Waals surface area contributed by atoms with E-state index < -0.39 is 27.8 Å². The van der Waals surface area contributed by atoms with E-state index in [4.69, 9.17) is 4.74 Å². The Morgan fingerprint density at radius 3 is 1.95 bits per heavy atom. The highest BCUT2D eigenvalue weighted by molar-refractivity contribution is 7.93. The Morgan fingerprint density at radius 2 is 1.39 bits per heavy atom. The van der Waals surface area contributed by atoms with Crippen molar-refractivity contribution in [2.45, 2.75) is 13.3 Å². The molecule has 4 aromatic rings. The van der Waals surface area contributed by atoms with Crippen molar-refractivity contribution in [1.82, 2.24) is 4.72 Å². The Morgan fingerprint density at radius 1 is 0.829 bits per heavy atom. The Hall–Kier alpha value is -4.69. The first kappa shape index (κ1) is 29.3. The molecule has 0 aliphatic rings. The first-order valence-corrected chi connectivity index (χ1v) is 14.7. The molecule has 8 heteroatoms. The summed E-state index contributed by atoms with van der Waals surface area (Å²) in [6.07, 6.45) is 1.42. The van der Waals surface area contributed by atoms with E-state index in [1.807, 2.05) is 67.6 Å². The topological polar surface area (TPSA) is 92.8 Å². The molecule has 0 fully saturated rings. The van der Waals surface area contributed by atoms with Crippen molar-refractivity contribution < 1.29 is 22.7 Å². The van der Waals surface area contributed by atoms with Crippen LogP contribution in [0.4, 0.5) is 5.69 Å². The number of anilines is 1. The van der Waals surface area contributed by atoms with Gasteiger partial charge in [-0.15, -0.1) is 0 Å². The van der Waals surface area contributed by atoms with Crippen LogP contribution in [-0.2, 0) is 26.0 Å². The largest absolute Gasteiger partial charge is 0.497 e. The first-order valence-electron chi connectivity index (χ1n) is 13.2. The predicted octanol–water partition coefficient (Wildman–Crippen LogP) is 5.69.